The second-order valence-corrected chi connectivity index (χ2v) is 8.23. The summed E-state index contributed by atoms with van der Waals surface area (Å²) >= 11 is 1.43. The molecule has 1 saturated heterocycles. The van der Waals surface area contributed by atoms with Gasteiger partial charge in [-0.1, -0.05) is 6.07 Å². The molecule has 8 nitrogen and oxygen atoms in total. The number of hydrogen-bond donors (Lipinski definition) is 1. The topological polar surface area (TPSA) is 85.8 Å². The smallest absolute Gasteiger partial charge is 0.264 e. The minimum absolute atomic E-state index is 0.0417. The Labute approximate surface area is 185 Å². The largest absolute Gasteiger partial charge is 0.493 e. The van der Waals surface area contributed by atoms with Crippen LogP contribution < -0.4 is 14.8 Å². The molecule has 1 N–H and O–H groups in total. The van der Waals surface area contributed by atoms with Gasteiger partial charge in [-0.25, -0.2) is 9.97 Å². The molecule has 0 aliphatic carbocycles. The van der Waals surface area contributed by atoms with E-state index in [4.69, 9.17) is 14.2 Å². The number of carbonyl (C=O) groups excluding carboxylic acids is 1. The van der Waals surface area contributed by atoms with Gasteiger partial charge in [0.2, 0.25) is 0 Å². The van der Waals surface area contributed by atoms with Crippen molar-refractivity contribution >= 4 is 33.3 Å². The minimum Gasteiger partial charge on any atom is -0.493 e. The average molecular weight is 443 g/mol. The van der Waals surface area contributed by atoms with Gasteiger partial charge in [-0.15, -0.1) is 11.3 Å². The van der Waals surface area contributed by atoms with Crippen LogP contribution in [-0.2, 0) is 11.2 Å². The van der Waals surface area contributed by atoms with Crippen molar-refractivity contribution in [1.82, 2.24) is 14.9 Å². The van der Waals surface area contributed by atoms with Crippen LogP contribution in [0.25, 0.3) is 10.2 Å². The van der Waals surface area contributed by atoms with Crippen LogP contribution in [0.1, 0.15) is 20.8 Å². The molecule has 1 aliphatic rings. The van der Waals surface area contributed by atoms with E-state index >= 15 is 0 Å². The molecule has 1 aromatic carbocycles. The highest BCUT2D eigenvalue weighted by Gasteiger charge is 2.24. The Morgan fingerprint density at radius 3 is 2.71 bits per heavy atom. The number of hydrogen-bond acceptors (Lipinski definition) is 8. The standard InChI is InChI=1S/C22H26N4O4S/c1-14-18-20(23-7-6-15-4-5-16(28-2)17(12-15)29-3)24-13-25-21(18)31-19(14)22(27)26-8-10-30-11-9-26/h4-5,12-13H,6-11H2,1-3H3,(H,23,24,25). The number of anilines is 1. The number of aryl methyl sites for hydroxylation is 1. The number of morpholine rings is 1. The Morgan fingerprint density at radius 2 is 1.97 bits per heavy atom. The lowest BCUT2D eigenvalue weighted by atomic mass is 10.1. The van der Waals surface area contributed by atoms with E-state index in [9.17, 15) is 4.79 Å². The van der Waals surface area contributed by atoms with Crippen LogP contribution in [0.5, 0.6) is 11.5 Å². The molecule has 3 aromatic rings. The second kappa shape index (κ2) is 9.49. The van der Waals surface area contributed by atoms with Crippen LogP contribution >= 0.6 is 11.3 Å². The lowest BCUT2D eigenvalue weighted by Crippen LogP contribution is -2.40. The van der Waals surface area contributed by atoms with Gasteiger partial charge in [-0.3, -0.25) is 4.79 Å². The molecule has 9 heteroatoms. The van der Waals surface area contributed by atoms with E-state index in [1.165, 1.54) is 11.3 Å². The first kappa shape index (κ1) is 21.3. The van der Waals surface area contributed by atoms with E-state index < -0.39 is 0 Å². The molecule has 1 amide bonds. The highest BCUT2D eigenvalue weighted by atomic mass is 32.1. The molecule has 2 aromatic heterocycles. The van der Waals surface area contributed by atoms with E-state index in [1.807, 2.05) is 30.0 Å². The van der Waals surface area contributed by atoms with Crippen molar-refractivity contribution in [3.63, 3.8) is 0 Å². The third-order valence-electron chi connectivity index (χ3n) is 5.37. The highest BCUT2D eigenvalue weighted by molar-refractivity contribution is 7.20. The molecule has 0 saturated carbocycles. The number of methoxy groups -OCH3 is 2. The zero-order valence-electron chi connectivity index (χ0n) is 17.9. The molecule has 0 radical (unpaired) electrons. The summed E-state index contributed by atoms with van der Waals surface area (Å²) in [6.45, 7) is 5.05. The van der Waals surface area contributed by atoms with Crippen LogP contribution in [0.4, 0.5) is 5.82 Å². The molecular formula is C22H26N4O4S. The Balaban J connectivity index is 1.51. The fraction of sp³-hybridized carbons (Fsp3) is 0.409. The molecular weight excluding hydrogens is 416 g/mol. The van der Waals surface area contributed by atoms with Crippen molar-refractivity contribution in [3.8, 4) is 11.5 Å². The van der Waals surface area contributed by atoms with Gasteiger partial charge in [0.1, 0.15) is 17.0 Å². The third kappa shape index (κ3) is 4.42. The number of nitrogens with one attached hydrogen (secondary N) is 1. The lowest BCUT2D eigenvalue weighted by Gasteiger charge is -2.26. The van der Waals surface area contributed by atoms with E-state index in [0.29, 0.717) is 44.3 Å². The number of aromatic nitrogens is 2. The molecule has 4 rings (SSSR count). The van der Waals surface area contributed by atoms with Crippen LogP contribution in [0.2, 0.25) is 0 Å². The van der Waals surface area contributed by atoms with Crippen molar-refractivity contribution in [2.45, 2.75) is 13.3 Å². The molecule has 1 fully saturated rings. The first-order chi connectivity index (χ1) is 15.1. The lowest BCUT2D eigenvalue weighted by molar-refractivity contribution is 0.0306. The quantitative estimate of drug-likeness (QED) is 0.602. The molecule has 0 spiro atoms. The van der Waals surface area contributed by atoms with Crippen molar-refractivity contribution in [2.75, 3.05) is 52.4 Å². The third-order valence-corrected chi connectivity index (χ3v) is 6.56. The molecule has 0 unspecified atom stereocenters. The van der Waals surface area contributed by atoms with Gasteiger partial charge in [0.25, 0.3) is 5.91 Å². The first-order valence-electron chi connectivity index (χ1n) is 10.2. The maximum Gasteiger partial charge on any atom is 0.264 e. The number of ether oxygens (including phenoxy) is 3. The Bertz CT molecular complexity index is 1080. The van der Waals surface area contributed by atoms with E-state index in [-0.39, 0.29) is 5.91 Å². The Morgan fingerprint density at radius 1 is 1.19 bits per heavy atom. The number of carbonyl (C=O) groups is 1. The fourth-order valence-corrected chi connectivity index (χ4v) is 4.80. The monoisotopic (exact) mass is 442 g/mol. The Kier molecular flexibility index (Phi) is 6.53. The fourth-order valence-electron chi connectivity index (χ4n) is 3.68. The summed E-state index contributed by atoms with van der Waals surface area (Å²) in [4.78, 5) is 25.2. The SMILES string of the molecule is COc1ccc(CCNc2ncnc3sc(C(=O)N4CCOCC4)c(C)c23)cc1OC. The number of thiophene rings is 1. The minimum atomic E-state index is 0.0417. The molecule has 31 heavy (non-hydrogen) atoms. The van der Waals surface area contributed by atoms with Crippen molar-refractivity contribution in [3.05, 3.63) is 40.5 Å². The number of fused-ring (bicyclic) bond motifs is 1. The van der Waals surface area contributed by atoms with E-state index in [2.05, 4.69) is 15.3 Å². The van der Waals surface area contributed by atoms with Crippen LogP contribution in [0, 0.1) is 6.92 Å². The summed E-state index contributed by atoms with van der Waals surface area (Å²) in [5, 5.41) is 4.33. The van der Waals surface area contributed by atoms with Gasteiger partial charge in [-0.2, -0.15) is 0 Å². The van der Waals surface area contributed by atoms with E-state index in [0.717, 1.165) is 38.5 Å². The van der Waals surface area contributed by atoms with Crippen molar-refractivity contribution in [1.29, 1.82) is 0 Å². The number of rotatable bonds is 7. The number of nitrogens with zero attached hydrogens (tertiary/aromatic N) is 3. The molecule has 3 heterocycles. The second-order valence-electron chi connectivity index (χ2n) is 7.23. The van der Waals surface area contributed by atoms with Gasteiger partial charge in [0.15, 0.2) is 11.5 Å². The molecule has 164 valence electrons. The van der Waals surface area contributed by atoms with Crippen LogP contribution in [0.3, 0.4) is 0 Å². The molecule has 0 bridgehead atoms. The summed E-state index contributed by atoms with van der Waals surface area (Å²) in [7, 11) is 3.26. The number of benzene rings is 1. The molecule has 0 atom stereocenters. The van der Waals surface area contributed by atoms with Crippen molar-refractivity contribution < 1.29 is 19.0 Å². The predicted octanol–water partition coefficient (Wildman–Crippen LogP) is 3.14. The van der Waals surface area contributed by atoms with Gasteiger partial charge in [0.05, 0.1) is 37.7 Å². The van der Waals surface area contributed by atoms with Crippen LogP contribution in [-0.4, -0.2) is 67.8 Å². The first-order valence-corrected chi connectivity index (χ1v) is 11.0. The maximum atomic E-state index is 13.0. The predicted molar refractivity (Wildman–Crippen MR) is 121 cm³/mol. The van der Waals surface area contributed by atoms with Crippen molar-refractivity contribution in [2.24, 2.45) is 0 Å². The summed E-state index contributed by atoms with van der Waals surface area (Å²) in [5.74, 6) is 2.22. The van der Waals surface area contributed by atoms with Crippen LogP contribution in [0.15, 0.2) is 24.5 Å². The maximum absolute atomic E-state index is 13.0. The number of amides is 1. The Hall–Kier alpha value is -2.91. The van der Waals surface area contributed by atoms with Gasteiger partial charge in [0, 0.05) is 19.6 Å². The average Bonchev–Trinajstić information content (AvgIpc) is 3.16. The zero-order chi connectivity index (χ0) is 21.8. The molecule has 1 aliphatic heterocycles. The summed E-state index contributed by atoms with van der Waals surface area (Å²) in [5.41, 5.74) is 2.05. The summed E-state index contributed by atoms with van der Waals surface area (Å²) in [6.07, 6.45) is 2.33. The highest BCUT2D eigenvalue weighted by Crippen LogP contribution is 2.34. The van der Waals surface area contributed by atoms with Gasteiger partial charge < -0.3 is 24.4 Å². The van der Waals surface area contributed by atoms with Gasteiger partial charge in [-0.05, 0) is 36.6 Å². The van der Waals surface area contributed by atoms with E-state index in [1.54, 1.807) is 20.5 Å². The summed E-state index contributed by atoms with van der Waals surface area (Å²) in [6, 6.07) is 5.90. The van der Waals surface area contributed by atoms with Gasteiger partial charge >= 0.3 is 0 Å². The normalized spacial score (nSPS) is 14.0. The summed E-state index contributed by atoms with van der Waals surface area (Å²) < 4.78 is 16.0. The zero-order valence-corrected chi connectivity index (χ0v) is 18.8.